The number of benzene rings is 1. The average Bonchev–Trinajstić information content (AvgIpc) is 2.16. The predicted octanol–water partition coefficient (Wildman–Crippen LogP) is 1.72. The van der Waals surface area contributed by atoms with Crippen LogP contribution in [0, 0.1) is 11.3 Å². The van der Waals surface area contributed by atoms with E-state index in [0.717, 1.165) is 10.2 Å². The molecule has 1 aromatic rings. The van der Waals surface area contributed by atoms with Gasteiger partial charge in [-0.25, -0.2) is 0 Å². The number of aliphatic hydroxyl groups is 1. The minimum atomic E-state index is 0.0565. The Balaban J connectivity index is 2.88. The van der Waals surface area contributed by atoms with Crippen molar-refractivity contribution in [3.05, 3.63) is 28.2 Å². The third-order valence-corrected chi connectivity index (χ3v) is 2.02. The number of hydrogen-bond donors (Lipinski definition) is 2. The van der Waals surface area contributed by atoms with Crippen molar-refractivity contribution in [2.75, 3.05) is 18.5 Å². The summed E-state index contributed by atoms with van der Waals surface area (Å²) in [5.74, 6) is 0. The fourth-order valence-electron chi connectivity index (χ4n) is 0.954. The van der Waals surface area contributed by atoms with Crippen LogP contribution in [-0.2, 0) is 0 Å². The minimum absolute atomic E-state index is 0.0565. The first-order valence-electron chi connectivity index (χ1n) is 3.82. The Morgan fingerprint density at radius 1 is 1.54 bits per heavy atom. The summed E-state index contributed by atoms with van der Waals surface area (Å²) in [4.78, 5) is 0. The van der Waals surface area contributed by atoms with Crippen LogP contribution < -0.4 is 5.32 Å². The number of rotatable bonds is 3. The molecule has 1 rings (SSSR count). The normalized spacial score (nSPS) is 9.31. The molecule has 0 fully saturated rings. The Morgan fingerprint density at radius 3 is 2.92 bits per heavy atom. The van der Waals surface area contributed by atoms with Gasteiger partial charge in [-0.2, -0.15) is 5.26 Å². The van der Waals surface area contributed by atoms with Gasteiger partial charge in [0.2, 0.25) is 0 Å². The minimum Gasteiger partial charge on any atom is -0.395 e. The zero-order valence-electron chi connectivity index (χ0n) is 6.92. The van der Waals surface area contributed by atoms with Gasteiger partial charge in [0, 0.05) is 11.0 Å². The highest BCUT2D eigenvalue weighted by atomic mass is 79.9. The first kappa shape index (κ1) is 10.0. The van der Waals surface area contributed by atoms with Crippen molar-refractivity contribution in [2.45, 2.75) is 0 Å². The summed E-state index contributed by atoms with van der Waals surface area (Å²) < 4.78 is 0.874. The van der Waals surface area contributed by atoms with E-state index in [9.17, 15) is 0 Å². The second-order valence-electron chi connectivity index (χ2n) is 2.45. The van der Waals surface area contributed by atoms with Gasteiger partial charge < -0.3 is 10.4 Å². The molecule has 0 radical (unpaired) electrons. The fraction of sp³-hybridized carbons (Fsp3) is 0.222. The topological polar surface area (TPSA) is 56.0 Å². The van der Waals surface area contributed by atoms with E-state index in [0.29, 0.717) is 12.1 Å². The van der Waals surface area contributed by atoms with Crippen LogP contribution in [0.5, 0.6) is 0 Å². The van der Waals surface area contributed by atoms with Crippen molar-refractivity contribution >= 4 is 21.6 Å². The summed E-state index contributed by atoms with van der Waals surface area (Å²) in [7, 11) is 0. The van der Waals surface area contributed by atoms with Crippen LogP contribution in [0.3, 0.4) is 0 Å². The number of halogens is 1. The van der Waals surface area contributed by atoms with E-state index in [-0.39, 0.29) is 6.61 Å². The first-order chi connectivity index (χ1) is 6.27. The fourth-order valence-corrected chi connectivity index (χ4v) is 1.31. The molecule has 4 heteroatoms. The summed E-state index contributed by atoms with van der Waals surface area (Å²) in [6.45, 7) is 0.511. The maximum Gasteiger partial charge on any atom is 0.101 e. The Labute approximate surface area is 85.1 Å². The van der Waals surface area contributed by atoms with E-state index < -0.39 is 0 Å². The molecule has 3 nitrogen and oxygen atoms in total. The van der Waals surface area contributed by atoms with E-state index in [1.165, 1.54) is 0 Å². The lowest BCUT2D eigenvalue weighted by Crippen LogP contribution is -2.06. The smallest absolute Gasteiger partial charge is 0.101 e. The Hall–Kier alpha value is -1.05. The molecule has 0 bridgehead atoms. The quantitative estimate of drug-likeness (QED) is 0.847. The average molecular weight is 241 g/mol. The van der Waals surface area contributed by atoms with Crippen LogP contribution in [-0.4, -0.2) is 18.3 Å². The largest absolute Gasteiger partial charge is 0.395 e. The molecule has 68 valence electrons. The van der Waals surface area contributed by atoms with Crippen LogP contribution in [0.2, 0.25) is 0 Å². The van der Waals surface area contributed by atoms with Gasteiger partial charge in [0.1, 0.15) is 6.07 Å². The van der Waals surface area contributed by atoms with Crippen molar-refractivity contribution in [1.29, 1.82) is 5.26 Å². The predicted molar refractivity (Wildman–Crippen MR) is 54.4 cm³/mol. The maximum atomic E-state index is 8.77. The molecule has 0 aromatic heterocycles. The van der Waals surface area contributed by atoms with Crippen molar-refractivity contribution < 1.29 is 5.11 Å². The number of hydrogen-bond acceptors (Lipinski definition) is 3. The zero-order chi connectivity index (χ0) is 9.68. The van der Waals surface area contributed by atoms with E-state index in [1.54, 1.807) is 12.1 Å². The SMILES string of the molecule is N#Cc1cc(Br)ccc1NCCO. The molecule has 1 aromatic carbocycles. The van der Waals surface area contributed by atoms with Crippen molar-refractivity contribution in [1.82, 2.24) is 0 Å². The summed E-state index contributed by atoms with van der Waals surface area (Å²) in [6, 6.07) is 7.46. The molecule has 0 aliphatic rings. The van der Waals surface area contributed by atoms with Crippen LogP contribution in [0.25, 0.3) is 0 Å². The lowest BCUT2D eigenvalue weighted by Gasteiger charge is -2.05. The van der Waals surface area contributed by atoms with Gasteiger partial charge in [0.25, 0.3) is 0 Å². The van der Waals surface area contributed by atoms with E-state index >= 15 is 0 Å². The number of aliphatic hydroxyl groups excluding tert-OH is 1. The highest BCUT2D eigenvalue weighted by molar-refractivity contribution is 9.10. The third kappa shape index (κ3) is 2.72. The standard InChI is InChI=1S/C9H9BrN2O/c10-8-1-2-9(12-3-4-13)7(5-8)6-11/h1-2,5,12-13H,3-4H2. The maximum absolute atomic E-state index is 8.77. The summed E-state index contributed by atoms with van der Waals surface area (Å²) >= 11 is 3.28. The molecule has 0 saturated heterocycles. The molecule has 0 atom stereocenters. The zero-order valence-corrected chi connectivity index (χ0v) is 8.50. The monoisotopic (exact) mass is 240 g/mol. The molecule has 0 spiro atoms. The van der Waals surface area contributed by atoms with Crippen molar-refractivity contribution in [2.24, 2.45) is 0 Å². The van der Waals surface area contributed by atoms with E-state index in [4.69, 9.17) is 10.4 Å². The number of nitrogens with zero attached hydrogens (tertiary/aromatic N) is 1. The number of nitrogens with one attached hydrogen (secondary N) is 1. The van der Waals surface area contributed by atoms with E-state index in [2.05, 4.69) is 27.3 Å². The van der Waals surface area contributed by atoms with Crippen LogP contribution in [0.4, 0.5) is 5.69 Å². The van der Waals surface area contributed by atoms with Gasteiger partial charge in [0.15, 0.2) is 0 Å². The molecular formula is C9H9BrN2O. The van der Waals surface area contributed by atoms with Crippen LogP contribution in [0.15, 0.2) is 22.7 Å². The van der Waals surface area contributed by atoms with Crippen LogP contribution >= 0.6 is 15.9 Å². The molecule has 0 aliphatic carbocycles. The van der Waals surface area contributed by atoms with Crippen LogP contribution in [0.1, 0.15) is 5.56 Å². The molecule has 0 heterocycles. The number of anilines is 1. The molecule has 13 heavy (non-hydrogen) atoms. The molecular weight excluding hydrogens is 232 g/mol. The highest BCUT2D eigenvalue weighted by Gasteiger charge is 2.00. The van der Waals surface area contributed by atoms with Gasteiger partial charge in [-0.1, -0.05) is 15.9 Å². The van der Waals surface area contributed by atoms with Gasteiger partial charge >= 0.3 is 0 Å². The Bertz CT molecular complexity index is 333. The molecule has 0 unspecified atom stereocenters. The first-order valence-corrected chi connectivity index (χ1v) is 4.61. The molecule has 2 N–H and O–H groups in total. The van der Waals surface area contributed by atoms with Gasteiger partial charge in [0.05, 0.1) is 17.9 Å². The lowest BCUT2D eigenvalue weighted by molar-refractivity contribution is 0.311. The molecule has 0 amide bonds. The highest BCUT2D eigenvalue weighted by Crippen LogP contribution is 2.19. The number of nitriles is 1. The van der Waals surface area contributed by atoms with Gasteiger partial charge in [-0.05, 0) is 18.2 Å². The van der Waals surface area contributed by atoms with E-state index in [1.807, 2.05) is 6.07 Å². The van der Waals surface area contributed by atoms with Gasteiger partial charge in [-0.15, -0.1) is 0 Å². The Morgan fingerprint density at radius 2 is 2.31 bits per heavy atom. The summed E-state index contributed by atoms with van der Waals surface area (Å²) in [5, 5.41) is 20.3. The molecule has 0 aliphatic heterocycles. The second kappa shape index (κ2) is 4.85. The Kier molecular flexibility index (Phi) is 3.74. The van der Waals surface area contributed by atoms with Crippen molar-refractivity contribution in [3.63, 3.8) is 0 Å². The van der Waals surface area contributed by atoms with Gasteiger partial charge in [-0.3, -0.25) is 0 Å². The second-order valence-corrected chi connectivity index (χ2v) is 3.37. The third-order valence-electron chi connectivity index (χ3n) is 1.53. The molecule has 0 saturated carbocycles. The summed E-state index contributed by atoms with van der Waals surface area (Å²) in [6.07, 6.45) is 0. The van der Waals surface area contributed by atoms with Crippen molar-refractivity contribution in [3.8, 4) is 6.07 Å². The summed E-state index contributed by atoms with van der Waals surface area (Å²) in [5.41, 5.74) is 1.32. The lowest BCUT2D eigenvalue weighted by atomic mass is 10.2.